The molecule has 0 aliphatic carbocycles. The molecule has 2 aromatic carbocycles. The number of H-pyrrole nitrogens is 1. The minimum absolute atomic E-state index is 0.177. The van der Waals surface area contributed by atoms with E-state index in [0.717, 1.165) is 27.7 Å². The molecule has 0 aliphatic heterocycles. The van der Waals surface area contributed by atoms with E-state index in [9.17, 15) is 4.79 Å². The summed E-state index contributed by atoms with van der Waals surface area (Å²) in [5, 5.41) is 8.18. The summed E-state index contributed by atoms with van der Waals surface area (Å²) in [7, 11) is 0. The highest BCUT2D eigenvalue weighted by atomic mass is 16.2. The van der Waals surface area contributed by atoms with Crippen molar-refractivity contribution in [2.24, 2.45) is 5.10 Å². The quantitative estimate of drug-likeness (QED) is 0.501. The Balaban J connectivity index is 1.55. The minimum Gasteiger partial charge on any atom is -0.376 e. The largest absolute Gasteiger partial charge is 0.376 e. The Morgan fingerprint density at radius 1 is 1.17 bits per heavy atom. The maximum Gasteiger partial charge on any atom is 0.259 e. The third-order valence-electron chi connectivity index (χ3n) is 3.60. The van der Waals surface area contributed by atoms with E-state index in [1.54, 1.807) is 6.21 Å². The number of carbonyl (C=O) groups excluding carboxylic acids is 1. The van der Waals surface area contributed by atoms with Gasteiger partial charge in [0, 0.05) is 28.4 Å². The highest BCUT2D eigenvalue weighted by Gasteiger charge is 2.02. The van der Waals surface area contributed by atoms with Crippen molar-refractivity contribution in [3.05, 3.63) is 65.9 Å². The van der Waals surface area contributed by atoms with E-state index in [4.69, 9.17) is 0 Å². The first-order valence-electron chi connectivity index (χ1n) is 7.41. The van der Waals surface area contributed by atoms with Gasteiger partial charge in [-0.05, 0) is 24.6 Å². The lowest BCUT2D eigenvalue weighted by atomic mass is 10.2. The van der Waals surface area contributed by atoms with Gasteiger partial charge in [0.05, 0.1) is 12.8 Å². The van der Waals surface area contributed by atoms with Crippen LogP contribution in [0, 0.1) is 6.92 Å². The first kappa shape index (κ1) is 14.8. The molecule has 1 aromatic heterocycles. The first-order chi connectivity index (χ1) is 11.2. The van der Waals surface area contributed by atoms with E-state index < -0.39 is 0 Å². The molecule has 1 heterocycles. The van der Waals surface area contributed by atoms with Crippen LogP contribution in [-0.4, -0.2) is 23.7 Å². The highest BCUT2D eigenvalue weighted by Crippen LogP contribution is 2.15. The monoisotopic (exact) mass is 306 g/mol. The second-order valence-electron chi connectivity index (χ2n) is 5.25. The zero-order valence-corrected chi connectivity index (χ0v) is 12.8. The summed E-state index contributed by atoms with van der Waals surface area (Å²) in [6.45, 7) is 2.17. The van der Waals surface area contributed by atoms with Crippen molar-refractivity contribution in [2.75, 3.05) is 11.9 Å². The van der Waals surface area contributed by atoms with Gasteiger partial charge in [-0.15, -0.1) is 0 Å². The van der Waals surface area contributed by atoms with Crippen molar-refractivity contribution >= 4 is 28.7 Å². The fourth-order valence-corrected chi connectivity index (χ4v) is 2.36. The second kappa shape index (κ2) is 6.79. The molecule has 3 aromatic rings. The SMILES string of the molecule is Cc1ccccc1NCC(=O)N/N=C/c1c[nH]c2ccccc12. The summed E-state index contributed by atoms with van der Waals surface area (Å²) in [6, 6.07) is 15.8. The number of benzene rings is 2. The summed E-state index contributed by atoms with van der Waals surface area (Å²) >= 11 is 0. The molecule has 0 unspecified atom stereocenters. The van der Waals surface area contributed by atoms with Gasteiger partial charge in [-0.25, -0.2) is 5.43 Å². The highest BCUT2D eigenvalue weighted by molar-refractivity contribution is 5.99. The number of rotatable bonds is 5. The average molecular weight is 306 g/mol. The van der Waals surface area contributed by atoms with E-state index in [0.29, 0.717) is 0 Å². The molecule has 0 saturated heterocycles. The van der Waals surface area contributed by atoms with Crippen molar-refractivity contribution in [3.8, 4) is 0 Å². The Labute approximate surface area is 134 Å². The summed E-state index contributed by atoms with van der Waals surface area (Å²) in [4.78, 5) is 15.0. The molecule has 0 bridgehead atoms. The Bertz CT molecular complexity index is 851. The molecule has 0 saturated carbocycles. The smallest absolute Gasteiger partial charge is 0.259 e. The fraction of sp³-hybridized carbons (Fsp3) is 0.111. The third kappa shape index (κ3) is 3.58. The Morgan fingerprint density at radius 2 is 1.96 bits per heavy atom. The topological polar surface area (TPSA) is 69.3 Å². The van der Waals surface area contributed by atoms with Crippen LogP contribution in [0.25, 0.3) is 10.9 Å². The van der Waals surface area contributed by atoms with Crippen molar-refractivity contribution < 1.29 is 4.79 Å². The molecule has 3 rings (SSSR count). The summed E-state index contributed by atoms with van der Waals surface area (Å²) < 4.78 is 0. The standard InChI is InChI=1S/C18H18N4O/c1-13-6-2-4-8-16(13)20-12-18(23)22-21-11-14-10-19-17-9-5-3-7-15(14)17/h2-11,19-20H,12H2,1H3,(H,22,23)/b21-11+. The second-order valence-corrected chi connectivity index (χ2v) is 5.25. The number of aromatic amines is 1. The molecule has 0 fully saturated rings. The number of amides is 1. The summed E-state index contributed by atoms with van der Waals surface area (Å²) in [6.07, 6.45) is 3.51. The Kier molecular flexibility index (Phi) is 4.38. The summed E-state index contributed by atoms with van der Waals surface area (Å²) in [5.41, 5.74) is 6.56. The maximum absolute atomic E-state index is 11.8. The molecule has 1 amide bonds. The van der Waals surface area contributed by atoms with Crippen molar-refractivity contribution in [1.29, 1.82) is 0 Å². The molecule has 0 radical (unpaired) electrons. The van der Waals surface area contributed by atoms with E-state index in [-0.39, 0.29) is 12.5 Å². The van der Waals surface area contributed by atoms with Crippen LogP contribution in [-0.2, 0) is 4.79 Å². The van der Waals surface area contributed by atoms with Crippen molar-refractivity contribution in [3.63, 3.8) is 0 Å². The number of hydrogen-bond acceptors (Lipinski definition) is 3. The molecule has 0 aliphatic rings. The number of hydrogen-bond donors (Lipinski definition) is 3. The van der Waals surface area contributed by atoms with Crippen LogP contribution < -0.4 is 10.7 Å². The number of para-hydroxylation sites is 2. The van der Waals surface area contributed by atoms with Crippen molar-refractivity contribution in [1.82, 2.24) is 10.4 Å². The molecule has 0 spiro atoms. The predicted molar refractivity (Wildman–Crippen MR) is 93.7 cm³/mol. The van der Waals surface area contributed by atoms with Gasteiger partial charge < -0.3 is 10.3 Å². The molecule has 5 heteroatoms. The molecule has 3 N–H and O–H groups in total. The maximum atomic E-state index is 11.8. The number of hydrazone groups is 1. The van der Waals surface area contributed by atoms with Crippen LogP contribution >= 0.6 is 0 Å². The zero-order chi connectivity index (χ0) is 16.1. The average Bonchev–Trinajstić information content (AvgIpc) is 2.98. The van der Waals surface area contributed by atoms with Gasteiger partial charge in [-0.1, -0.05) is 36.4 Å². The van der Waals surface area contributed by atoms with Crippen LogP contribution in [0.1, 0.15) is 11.1 Å². The van der Waals surface area contributed by atoms with Crippen LogP contribution in [0.2, 0.25) is 0 Å². The number of carbonyl (C=O) groups is 1. The lowest BCUT2D eigenvalue weighted by Gasteiger charge is -2.07. The third-order valence-corrected chi connectivity index (χ3v) is 3.60. The van der Waals surface area contributed by atoms with Gasteiger partial charge in [0.25, 0.3) is 5.91 Å². The van der Waals surface area contributed by atoms with Crippen LogP contribution in [0.4, 0.5) is 5.69 Å². The van der Waals surface area contributed by atoms with E-state index in [1.807, 2.05) is 61.7 Å². The number of anilines is 1. The van der Waals surface area contributed by atoms with Gasteiger partial charge in [-0.2, -0.15) is 5.10 Å². The number of nitrogens with one attached hydrogen (secondary N) is 3. The van der Waals surface area contributed by atoms with Crippen LogP contribution in [0.5, 0.6) is 0 Å². The van der Waals surface area contributed by atoms with Gasteiger partial charge in [0.2, 0.25) is 0 Å². The van der Waals surface area contributed by atoms with E-state index in [1.165, 1.54) is 0 Å². The van der Waals surface area contributed by atoms with Crippen molar-refractivity contribution in [2.45, 2.75) is 6.92 Å². The number of aromatic nitrogens is 1. The molecule has 116 valence electrons. The Morgan fingerprint density at radius 3 is 2.83 bits per heavy atom. The van der Waals surface area contributed by atoms with E-state index in [2.05, 4.69) is 20.8 Å². The molecule has 5 nitrogen and oxygen atoms in total. The predicted octanol–water partition coefficient (Wildman–Crippen LogP) is 3.04. The first-order valence-corrected chi connectivity index (χ1v) is 7.41. The van der Waals surface area contributed by atoms with Gasteiger partial charge >= 0.3 is 0 Å². The number of fused-ring (bicyclic) bond motifs is 1. The van der Waals surface area contributed by atoms with Gasteiger partial charge in [-0.3, -0.25) is 4.79 Å². The fourth-order valence-electron chi connectivity index (χ4n) is 2.36. The normalized spacial score (nSPS) is 11.0. The molecule has 0 atom stereocenters. The Hall–Kier alpha value is -3.08. The minimum atomic E-state index is -0.190. The van der Waals surface area contributed by atoms with E-state index >= 15 is 0 Å². The number of aryl methyl sites for hydroxylation is 1. The molecular weight excluding hydrogens is 288 g/mol. The summed E-state index contributed by atoms with van der Waals surface area (Å²) in [5.74, 6) is -0.190. The number of nitrogens with zero attached hydrogens (tertiary/aromatic N) is 1. The van der Waals surface area contributed by atoms with Crippen LogP contribution in [0.3, 0.4) is 0 Å². The van der Waals surface area contributed by atoms with Gasteiger partial charge in [0.1, 0.15) is 0 Å². The lowest BCUT2D eigenvalue weighted by molar-refractivity contribution is -0.119. The molecular formula is C18H18N4O. The van der Waals surface area contributed by atoms with Gasteiger partial charge in [0.15, 0.2) is 0 Å². The lowest BCUT2D eigenvalue weighted by Crippen LogP contribution is -2.26. The zero-order valence-electron chi connectivity index (χ0n) is 12.8. The van der Waals surface area contributed by atoms with Crippen LogP contribution in [0.15, 0.2) is 59.8 Å². The molecule has 23 heavy (non-hydrogen) atoms.